The van der Waals surface area contributed by atoms with E-state index in [9.17, 15) is 9.59 Å². The van der Waals surface area contributed by atoms with E-state index in [1.165, 1.54) is 0 Å². The van der Waals surface area contributed by atoms with Crippen LogP contribution in [0.1, 0.15) is 25.7 Å². The molecule has 1 aliphatic rings. The molecule has 11 heavy (non-hydrogen) atoms. The van der Waals surface area contributed by atoms with Crippen molar-refractivity contribution in [1.29, 1.82) is 0 Å². The molecule has 0 aromatic carbocycles. The van der Waals surface area contributed by atoms with Crippen molar-refractivity contribution in [2.75, 3.05) is 0 Å². The molecule has 1 atom stereocenters. The lowest BCUT2D eigenvalue weighted by molar-refractivity contribution is -0.145. The molecule has 1 fully saturated rings. The Morgan fingerprint density at radius 2 is 2.00 bits per heavy atom. The molecular weight excluding hydrogens is 144 g/mol. The summed E-state index contributed by atoms with van der Waals surface area (Å²) >= 11 is 0. The molecule has 1 saturated carbocycles. The molecule has 62 valence electrons. The molecule has 0 aliphatic heterocycles. The molecule has 1 unspecified atom stereocenters. The highest BCUT2D eigenvalue weighted by Crippen LogP contribution is 2.30. The van der Waals surface area contributed by atoms with Crippen molar-refractivity contribution < 1.29 is 14.7 Å². The van der Waals surface area contributed by atoms with E-state index in [2.05, 4.69) is 0 Å². The Bertz CT molecular complexity index is 159. The highest BCUT2D eigenvalue weighted by atomic mass is 16.4. The van der Waals surface area contributed by atoms with Crippen molar-refractivity contribution in [2.24, 2.45) is 11.8 Å². The molecule has 0 bridgehead atoms. The first-order chi connectivity index (χ1) is 5.25. The van der Waals surface area contributed by atoms with Crippen molar-refractivity contribution in [3.8, 4) is 0 Å². The van der Waals surface area contributed by atoms with Crippen molar-refractivity contribution in [2.45, 2.75) is 25.7 Å². The fraction of sp³-hybridized carbons (Fsp3) is 0.750. The minimum atomic E-state index is -0.966. The molecule has 1 aliphatic carbocycles. The van der Waals surface area contributed by atoms with E-state index in [0.717, 1.165) is 25.7 Å². The molecule has 0 aromatic heterocycles. The molecule has 0 saturated heterocycles. The molecule has 1 N–H and O–H groups in total. The predicted octanol–water partition coefficient (Wildman–Crippen LogP) is 1.08. The molecule has 0 radical (unpaired) electrons. The first kappa shape index (κ1) is 8.24. The third-order valence-electron chi connectivity index (χ3n) is 2.34. The maximum Gasteiger partial charge on any atom is 0.314 e. The zero-order valence-electron chi connectivity index (χ0n) is 6.32. The number of aldehydes is 1. The van der Waals surface area contributed by atoms with Crippen molar-refractivity contribution in [3.05, 3.63) is 0 Å². The molecule has 1 rings (SSSR count). The van der Waals surface area contributed by atoms with E-state index in [-0.39, 0.29) is 5.92 Å². The Morgan fingerprint density at radius 1 is 1.45 bits per heavy atom. The van der Waals surface area contributed by atoms with Gasteiger partial charge in [0, 0.05) is 0 Å². The number of hydrogen-bond donors (Lipinski definition) is 1. The number of carbonyl (C=O) groups excluding carboxylic acids is 1. The quantitative estimate of drug-likeness (QED) is 0.491. The number of aliphatic carboxylic acids is 1. The van der Waals surface area contributed by atoms with Gasteiger partial charge in [-0.3, -0.25) is 4.79 Å². The number of hydrogen-bond acceptors (Lipinski definition) is 2. The lowest BCUT2D eigenvalue weighted by Crippen LogP contribution is -2.22. The van der Waals surface area contributed by atoms with E-state index in [4.69, 9.17) is 5.11 Å². The van der Waals surface area contributed by atoms with E-state index in [1.54, 1.807) is 0 Å². The zero-order chi connectivity index (χ0) is 8.27. The average Bonchev–Trinajstić information content (AvgIpc) is 2.40. The molecule has 0 spiro atoms. The summed E-state index contributed by atoms with van der Waals surface area (Å²) in [5, 5.41) is 8.60. The first-order valence-corrected chi connectivity index (χ1v) is 3.94. The van der Waals surface area contributed by atoms with E-state index < -0.39 is 11.9 Å². The standard InChI is InChI=1S/C8H12O3/c9-5-7(8(10)11)6-3-1-2-4-6/h5-7H,1-4H2,(H,10,11). The van der Waals surface area contributed by atoms with Gasteiger partial charge >= 0.3 is 5.97 Å². The lowest BCUT2D eigenvalue weighted by Gasteiger charge is -2.11. The number of carbonyl (C=O) groups is 2. The summed E-state index contributed by atoms with van der Waals surface area (Å²) < 4.78 is 0. The predicted molar refractivity (Wildman–Crippen MR) is 39.1 cm³/mol. The van der Waals surface area contributed by atoms with Gasteiger partial charge in [0.1, 0.15) is 12.2 Å². The maximum atomic E-state index is 10.5. The maximum absolute atomic E-state index is 10.5. The van der Waals surface area contributed by atoms with Gasteiger partial charge in [0.2, 0.25) is 0 Å². The van der Waals surface area contributed by atoms with E-state index >= 15 is 0 Å². The lowest BCUT2D eigenvalue weighted by atomic mass is 9.92. The van der Waals surface area contributed by atoms with Crippen LogP contribution in [-0.2, 0) is 9.59 Å². The van der Waals surface area contributed by atoms with Gasteiger partial charge in [0.15, 0.2) is 0 Å². The summed E-state index contributed by atoms with van der Waals surface area (Å²) in [6.45, 7) is 0. The molecule has 0 heterocycles. The van der Waals surface area contributed by atoms with Crippen LogP contribution < -0.4 is 0 Å². The fourth-order valence-electron chi connectivity index (χ4n) is 1.69. The molecule has 3 nitrogen and oxygen atoms in total. The van der Waals surface area contributed by atoms with Crippen LogP contribution in [0.5, 0.6) is 0 Å². The average molecular weight is 156 g/mol. The monoisotopic (exact) mass is 156 g/mol. The van der Waals surface area contributed by atoms with Crippen LogP contribution in [0, 0.1) is 11.8 Å². The highest BCUT2D eigenvalue weighted by molar-refractivity contribution is 5.86. The van der Waals surface area contributed by atoms with E-state index in [0.29, 0.717) is 6.29 Å². The van der Waals surface area contributed by atoms with Crippen LogP contribution in [0.4, 0.5) is 0 Å². The Hall–Kier alpha value is -0.860. The van der Waals surface area contributed by atoms with Gasteiger partial charge in [-0.2, -0.15) is 0 Å². The van der Waals surface area contributed by atoms with Gasteiger partial charge in [-0.15, -0.1) is 0 Å². The Labute approximate surface area is 65.4 Å². The minimum absolute atomic E-state index is 0.102. The van der Waals surface area contributed by atoms with Gasteiger partial charge in [0.05, 0.1) is 0 Å². The Balaban J connectivity index is 2.53. The molecule has 0 aromatic rings. The van der Waals surface area contributed by atoms with Gasteiger partial charge in [-0.25, -0.2) is 0 Å². The van der Waals surface area contributed by atoms with Crippen LogP contribution in [0.15, 0.2) is 0 Å². The zero-order valence-corrected chi connectivity index (χ0v) is 6.32. The summed E-state index contributed by atoms with van der Waals surface area (Å²) in [6.07, 6.45) is 4.51. The minimum Gasteiger partial charge on any atom is -0.481 e. The highest BCUT2D eigenvalue weighted by Gasteiger charge is 2.29. The molecule has 3 heteroatoms. The topological polar surface area (TPSA) is 54.4 Å². The third kappa shape index (κ3) is 1.79. The van der Waals surface area contributed by atoms with Crippen LogP contribution in [0.2, 0.25) is 0 Å². The number of carboxylic acids is 1. The summed E-state index contributed by atoms with van der Waals surface area (Å²) in [6, 6.07) is 0. The third-order valence-corrected chi connectivity index (χ3v) is 2.34. The van der Waals surface area contributed by atoms with Crippen LogP contribution >= 0.6 is 0 Å². The first-order valence-electron chi connectivity index (χ1n) is 3.94. The largest absolute Gasteiger partial charge is 0.481 e. The second-order valence-electron chi connectivity index (χ2n) is 3.04. The SMILES string of the molecule is O=CC(C(=O)O)C1CCCC1. The molecule has 0 amide bonds. The number of rotatable bonds is 3. The normalized spacial score (nSPS) is 21.5. The summed E-state index contributed by atoms with van der Waals surface area (Å²) in [5.41, 5.74) is 0. The summed E-state index contributed by atoms with van der Waals surface area (Å²) in [4.78, 5) is 20.8. The Kier molecular flexibility index (Phi) is 2.63. The van der Waals surface area contributed by atoms with Gasteiger partial charge in [0.25, 0.3) is 0 Å². The van der Waals surface area contributed by atoms with Crippen molar-refractivity contribution >= 4 is 12.3 Å². The van der Waals surface area contributed by atoms with Crippen molar-refractivity contribution in [1.82, 2.24) is 0 Å². The smallest absolute Gasteiger partial charge is 0.314 e. The van der Waals surface area contributed by atoms with Crippen LogP contribution in [0.25, 0.3) is 0 Å². The summed E-state index contributed by atoms with van der Waals surface area (Å²) in [7, 11) is 0. The van der Waals surface area contributed by atoms with Gasteiger partial charge < -0.3 is 9.90 Å². The number of carboxylic acid groups (broad SMARTS) is 1. The second-order valence-corrected chi connectivity index (χ2v) is 3.04. The second kappa shape index (κ2) is 3.51. The van der Waals surface area contributed by atoms with Crippen LogP contribution in [0.3, 0.4) is 0 Å². The summed E-state index contributed by atoms with van der Waals surface area (Å²) in [5.74, 6) is -1.62. The van der Waals surface area contributed by atoms with Gasteiger partial charge in [-0.05, 0) is 18.8 Å². The molecular formula is C8H12O3. The van der Waals surface area contributed by atoms with Gasteiger partial charge in [-0.1, -0.05) is 12.8 Å². The Morgan fingerprint density at radius 3 is 2.36 bits per heavy atom. The fourth-order valence-corrected chi connectivity index (χ4v) is 1.69. The van der Waals surface area contributed by atoms with Crippen LogP contribution in [-0.4, -0.2) is 17.4 Å². The van der Waals surface area contributed by atoms with E-state index in [1.807, 2.05) is 0 Å². The van der Waals surface area contributed by atoms with Crippen molar-refractivity contribution in [3.63, 3.8) is 0 Å².